The number of amides is 2. The predicted molar refractivity (Wildman–Crippen MR) is 69.0 cm³/mol. The third kappa shape index (κ3) is 4.77. The second-order valence-electron chi connectivity index (χ2n) is 5.08. The van der Waals surface area contributed by atoms with Crippen molar-refractivity contribution in [1.29, 1.82) is 0 Å². The van der Waals surface area contributed by atoms with E-state index in [1.54, 1.807) is 20.0 Å². The fraction of sp³-hybridized carbons (Fsp3) is 0.692. The highest BCUT2D eigenvalue weighted by Crippen LogP contribution is 2.25. The minimum atomic E-state index is -1.01. The van der Waals surface area contributed by atoms with Crippen molar-refractivity contribution < 1.29 is 14.7 Å². The molecule has 0 bridgehead atoms. The van der Waals surface area contributed by atoms with E-state index >= 15 is 0 Å². The molecule has 5 heteroatoms. The maximum absolute atomic E-state index is 11.5. The number of rotatable bonds is 5. The van der Waals surface area contributed by atoms with Crippen LogP contribution in [0.15, 0.2) is 12.3 Å². The summed E-state index contributed by atoms with van der Waals surface area (Å²) < 4.78 is 0. The molecule has 3 N–H and O–H groups in total. The summed E-state index contributed by atoms with van der Waals surface area (Å²) >= 11 is 0. The van der Waals surface area contributed by atoms with Gasteiger partial charge in [0.05, 0.1) is 0 Å². The summed E-state index contributed by atoms with van der Waals surface area (Å²) in [6, 6.07) is -1.32. The molecule has 2 amide bonds. The summed E-state index contributed by atoms with van der Waals surface area (Å²) in [5.41, 5.74) is 0. The molecule has 1 saturated carbocycles. The molecule has 5 nitrogen and oxygen atoms in total. The lowest BCUT2D eigenvalue weighted by Crippen LogP contribution is -2.47. The molecule has 0 aromatic rings. The maximum atomic E-state index is 11.5. The Morgan fingerprint density at radius 3 is 2.39 bits per heavy atom. The molecule has 0 aromatic heterocycles. The number of aliphatic carboxylic acids is 1. The number of carbonyl (C=O) groups excluding carboxylic acids is 1. The minimum Gasteiger partial charge on any atom is -0.480 e. The van der Waals surface area contributed by atoms with Gasteiger partial charge in [-0.15, -0.1) is 0 Å². The standard InChI is InChI=1S/C13H22N2O3/c1-9(2)11(12(16)17)15-13(18)14-8-7-10-5-3-4-6-10/h7-11H,3-6H2,1-2H3,(H,16,17)(H2,14,15,18)/b8-7+. The topological polar surface area (TPSA) is 78.4 Å². The number of urea groups is 1. The molecule has 102 valence electrons. The molecular formula is C13H22N2O3. The van der Waals surface area contributed by atoms with Crippen LogP contribution in [-0.2, 0) is 4.79 Å². The van der Waals surface area contributed by atoms with E-state index in [2.05, 4.69) is 10.6 Å². The number of carboxylic acids is 1. The number of allylic oxidation sites excluding steroid dienone is 1. The predicted octanol–water partition coefficient (Wildman–Crippen LogP) is 2.10. The normalized spacial score (nSPS) is 18.2. The number of hydrogen-bond donors (Lipinski definition) is 3. The van der Waals surface area contributed by atoms with Crippen molar-refractivity contribution in [1.82, 2.24) is 10.6 Å². The zero-order chi connectivity index (χ0) is 13.5. The fourth-order valence-electron chi connectivity index (χ4n) is 2.11. The second kappa shape index (κ2) is 7.03. The molecule has 0 spiro atoms. The maximum Gasteiger partial charge on any atom is 0.326 e. The Bertz CT molecular complexity index is 320. The van der Waals surface area contributed by atoms with Gasteiger partial charge in [-0.1, -0.05) is 32.8 Å². The van der Waals surface area contributed by atoms with Gasteiger partial charge in [0.25, 0.3) is 0 Å². The Hall–Kier alpha value is -1.52. The first-order valence-electron chi connectivity index (χ1n) is 6.47. The van der Waals surface area contributed by atoms with Crippen LogP contribution >= 0.6 is 0 Å². The van der Waals surface area contributed by atoms with Gasteiger partial charge in [0.2, 0.25) is 0 Å². The number of carboxylic acid groups (broad SMARTS) is 1. The van der Waals surface area contributed by atoms with Crippen LogP contribution in [0, 0.1) is 11.8 Å². The second-order valence-corrected chi connectivity index (χ2v) is 5.08. The molecule has 1 aliphatic rings. The zero-order valence-corrected chi connectivity index (χ0v) is 11.0. The van der Waals surface area contributed by atoms with Gasteiger partial charge >= 0.3 is 12.0 Å². The lowest BCUT2D eigenvalue weighted by atomic mass is 10.1. The first-order chi connectivity index (χ1) is 8.50. The first-order valence-corrected chi connectivity index (χ1v) is 6.47. The lowest BCUT2D eigenvalue weighted by Gasteiger charge is -2.17. The summed E-state index contributed by atoms with van der Waals surface area (Å²) in [6.45, 7) is 3.51. The monoisotopic (exact) mass is 254 g/mol. The average molecular weight is 254 g/mol. The van der Waals surface area contributed by atoms with Gasteiger partial charge in [-0.2, -0.15) is 0 Å². The highest BCUT2D eigenvalue weighted by atomic mass is 16.4. The van der Waals surface area contributed by atoms with Gasteiger partial charge < -0.3 is 15.7 Å². The van der Waals surface area contributed by atoms with Crippen LogP contribution in [0.1, 0.15) is 39.5 Å². The van der Waals surface area contributed by atoms with Crippen LogP contribution in [0.5, 0.6) is 0 Å². The Kier molecular flexibility index (Phi) is 5.68. The van der Waals surface area contributed by atoms with Gasteiger partial charge in [-0.3, -0.25) is 0 Å². The Labute approximate surface area is 108 Å². The summed E-state index contributed by atoms with van der Waals surface area (Å²) in [5, 5.41) is 13.9. The highest BCUT2D eigenvalue weighted by molar-refractivity contribution is 5.83. The van der Waals surface area contributed by atoms with Crippen molar-refractivity contribution >= 4 is 12.0 Å². The molecule has 0 aromatic carbocycles. The number of nitrogens with one attached hydrogen (secondary N) is 2. The van der Waals surface area contributed by atoms with E-state index < -0.39 is 18.0 Å². The summed E-state index contributed by atoms with van der Waals surface area (Å²) in [5.74, 6) is -0.613. The van der Waals surface area contributed by atoms with Gasteiger partial charge in [-0.05, 0) is 24.7 Å². The van der Waals surface area contributed by atoms with E-state index in [1.807, 2.05) is 6.08 Å². The van der Waals surface area contributed by atoms with Crippen LogP contribution in [-0.4, -0.2) is 23.1 Å². The lowest BCUT2D eigenvalue weighted by molar-refractivity contribution is -0.140. The first kappa shape index (κ1) is 14.5. The molecule has 0 radical (unpaired) electrons. The van der Waals surface area contributed by atoms with Crippen LogP contribution in [0.4, 0.5) is 4.79 Å². The highest BCUT2D eigenvalue weighted by Gasteiger charge is 2.22. The van der Waals surface area contributed by atoms with Crippen LogP contribution < -0.4 is 10.6 Å². The van der Waals surface area contributed by atoms with Crippen molar-refractivity contribution in [3.8, 4) is 0 Å². The van der Waals surface area contributed by atoms with Crippen LogP contribution in [0.25, 0.3) is 0 Å². The quantitative estimate of drug-likeness (QED) is 0.703. The molecule has 1 fully saturated rings. The van der Waals surface area contributed by atoms with Gasteiger partial charge in [-0.25, -0.2) is 9.59 Å². The molecule has 1 unspecified atom stereocenters. The van der Waals surface area contributed by atoms with E-state index in [9.17, 15) is 9.59 Å². The summed E-state index contributed by atoms with van der Waals surface area (Å²) in [6.07, 6.45) is 8.43. The van der Waals surface area contributed by atoms with E-state index in [0.29, 0.717) is 5.92 Å². The van der Waals surface area contributed by atoms with Gasteiger partial charge in [0, 0.05) is 6.20 Å². The van der Waals surface area contributed by atoms with E-state index in [-0.39, 0.29) is 5.92 Å². The third-order valence-corrected chi connectivity index (χ3v) is 3.20. The summed E-state index contributed by atoms with van der Waals surface area (Å²) in [4.78, 5) is 22.4. The number of carbonyl (C=O) groups is 2. The van der Waals surface area contributed by atoms with Crippen molar-refractivity contribution in [2.24, 2.45) is 11.8 Å². The molecule has 1 atom stereocenters. The molecular weight excluding hydrogens is 232 g/mol. The van der Waals surface area contributed by atoms with Crippen LogP contribution in [0.2, 0.25) is 0 Å². The molecule has 18 heavy (non-hydrogen) atoms. The van der Waals surface area contributed by atoms with Gasteiger partial charge in [0.1, 0.15) is 6.04 Å². The van der Waals surface area contributed by atoms with Gasteiger partial charge in [0.15, 0.2) is 0 Å². The van der Waals surface area contributed by atoms with Crippen molar-refractivity contribution in [3.05, 3.63) is 12.3 Å². The fourth-order valence-corrected chi connectivity index (χ4v) is 2.11. The Balaban J connectivity index is 2.33. The minimum absolute atomic E-state index is 0.146. The zero-order valence-electron chi connectivity index (χ0n) is 11.0. The largest absolute Gasteiger partial charge is 0.480 e. The van der Waals surface area contributed by atoms with E-state index in [0.717, 1.165) is 0 Å². The SMILES string of the molecule is CC(C)C(NC(=O)N/C=C/C1CCCC1)C(=O)O. The van der Waals surface area contributed by atoms with Crippen molar-refractivity contribution in [2.75, 3.05) is 0 Å². The average Bonchev–Trinajstić information content (AvgIpc) is 2.78. The molecule has 0 saturated heterocycles. The molecule has 0 aliphatic heterocycles. The van der Waals surface area contributed by atoms with E-state index in [4.69, 9.17) is 5.11 Å². The third-order valence-electron chi connectivity index (χ3n) is 3.20. The molecule has 0 heterocycles. The summed E-state index contributed by atoms with van der Waals surface area (Å²) in [7, 11) is 0. The number of hydrogen-bond acceptors (Lipinski definition) is 2. The molecule has 1 aliphatic carbocycles. The van der Waals surface area contributed by atoms with Crippen molar-refractivity contribution in [3.63, 3.8) is 0 Å². The molecule has 1 rings (SSSR count). The smallest absolute Gasteiger partial charge is 0.326 e. The van der Waals surface area contributed by atoms with E-state index in [1.165, 1.54) is 25.7 Å². The Morgan fingerprint density at radius 2 is 1.89 bits per heavy atom. The van der Waals surface area contributed by atoms with Crippen LogP contribution in [0.3, 0.4) is 0 Å². The Morgan fingerprint density at radius 1 is 1.28 bits per heavy atom. The van der Waals surface area contributed by atoms with Crippen molar-refractivity contribution in [2.45, 2.75) is 45.6 Å².